The zero-order valence-corrected chi connectivity index (χ0v) is 12.1. The summed E-state index contributed by atoms with van der Waals surface area (Å²) in [6.45, 7) is 0.183. The van der Waals surface area contributed by atoms with Crippen LogP contribution < -0.4 is 10.5 Å². The Labute approximate surface area is 117 Å². The lowest BCUT2D eigenvalue weighted by molar-refractivity contribution is 0.271. The molecule has 0 aliphatic rings. The molecule has 1 aromatic carbocycles. The quantitative estimate of drug-likeness (QED) is 0.849. The van der Waals surface area contributed by atoms with E-state index in [9.17, 15) is 8.42 Å². The first-order valence-corrected chi connectivity index (χ1v) is 7.33. The van der Waals surface area contributed by atoms with Crippen LogP contribution in [0.1, 0.15) is 5.76 Å². The number of para-hydroxylation sites is 1. The van der Waals surface area contributed by atoms with Crippen LogP contribution in [0.25, 0.3) is 0 Å². The molecule has 0 amide bonds. The summed E-state index contributed by atoms with van der Waals surface area (Å²) in [4.78, 5) is 0.0273. The maximum absolute atomic E-state index is 12.1. The molecule has 1 aromatic heterocycles. The number of ether oxygens (including phenoxy) is 1. The molecule has 2 N–H and O–H groups in total. The summed E-state index contributed by atoms with van der Waals surface area (Å²) < 4.78 is 36.0. The molecular weight excluding hydrogens is 280 g/mol. The first-order chi connectivity index (χ1) is 9.43. The third kappa shape index (κ3) is 2.78. The molecule has 0 atom stereocenters. The minimum Gasteiger partial charge on any atom is -0.483 e. The summed E-state index contributed by atoms with van der Waals surface area (Å²) in [6, 6.07) is 8.16. The molecule has 0 saturated carbocycles. The molecule has 0 saturated heterocycles. The SMILES string of the molecule is CN(C)S(=O)(=O)c1cccc(OCc2ccco2)c1N. The van der Waals surface area contributed by atoms with Crippen molar-refractivity contribution in [2.45, 2.75) is 11.5 Å². The highest BCUT2D eigenvalue weighted by atomic mass is 32.2. The zero-order chi connectivity index (χ0) is 14.8. The molecule has 1 heterocycles. The summed E-state index contributed by atoms with van der Waals surface area (Å²) in [5, 5.41) is 0. The molecule has 0 spiro atoms. The highest BCUT2D eigenvalue weighted by molar-refractivity contribution is 7.89. The second-order valence-electron chi connectivity index (χ2n) is 4.32. The zero-order valence-electron chi connectivity index (χ0n) is 11.2. The van der Waals surface area contributed by atoms with Gasteiger partial charge in [0.15, 0.2) is 0 Å². The van der Waals surface area contributed by atoms with E-state index >= 15 is 0 Å². The van der Waals surface area contributed by atoms with E-state index in [1.54, 1.807) is 24.3 Å². The predicted molar refractivity (Wildman–Crippen MR) is 74.8 cm³/mol. The topological polar surface area (TPSA) is 85.8 Å². The fraction of sp³-hybridized carbons (Fsp3) is 0.231. The van der Waals surface area contributed by atoms with Crippen molar-refractivity contribution < 1.29 is 17.6 Å². The van der Waals surface area contributed by atoms with Crippen LogP contribution in [0.5, 0.6) is 5.75 Å². The fourth-order valence-corrected chi connectivity index (χ4v) is 2.64. The molecule has 108 valence electrons. The molecule has 2 rings (SSSR count). The molecule has 2 aromatic rings. The summed E-state index contributed by atoms with van der Waals surface area (Å²) in [6.07, 6.45) is 1.54. The summed E-state index contributed by atoms with van der Waals surface area (Å²) in [7, 11) is -0.698. The average molecular weight is 296 g/mol. The van der Waals surface area contributed by atoms with Gasteiger partial charge in [0, 0.05) is 14.1 Å². The van der Waals surface area contributed by atoms with Crippen LogP contribution in [0.15, 0.2) is 45.9 Å². The second kappa shape index (κ2) is 5.56. The molecule has 0 aliphatic heterocycles. The predicted octanol–water partition coefficient (Wildman–Crippen LogP) is 1.69. The first-order valence-electron chi connectivity index (χ1n) is 5.89. The van der Waals surface area contributed by atoms with Crippen LogP contribution >= 0.6 is 0 Å². The first kappa shape index (κ1) is 14.4. The monoisotopic (exact) mass is 296 g/mol. The van der Waals surface area contributed by atoms with Gasteiger partial charge in [0.2, 0.25) is 10.0 Å². The smallest absolute Gasteiger partial charge is 0.244 e. The molecular formula is C13H16N2O4S. The van der Waals surface area contributed by atoms with Gasteiger partial charge < -0.3 is 14.9 Å². The number of anilines is 1. The van der Waals surface area contributed by atoms with E-state index in [4.69, 9.17) is 14.9 Å². The van der Waals surface area contributed by atoms with Crippen LogP contribution in [-0.2, 0) is 16.6 Å². The molecule has 7 heteroatoms. The van der Waals surface area contributed by atoms with Crippen molar-refractivity contribution >= 4 is 15.7 Å². The molecule has 0 aliphatic carbocycles. The van der Waals surface area contributed by atoms with E-state index in [-0.39, 0.29) is 17.2 Å². The maximum atomic E-state index is 12.1. The number of benzene rings is 1. The van der Waals surface area contributed by atoms with E-state index in [1.165, 1.54) is 26.4 Å². The van der Waals surface area contributed by atoms with E-state index in [1.807, 2.05) is 0 Å². The van der Waals surface area contributed by atoms with Crippen LogP contribution in [-0.4, -0.2) is 26.8 Å². The van der Waals surface area contributed by atoms with Gasteiger partial charge in [-0.15, -0.1) is 0 Å². The van der Waals surface area contributed by atoms with Gasteiger partial charge in [-0.05, 0) is 24.3 Å². The number of nitrogen functional groups attached to an aromatic ring is 1. The van der Waals surface area contributed by atoms with E-state index in [0.717, 1.165) is 4.31 Å². The minimum atomic E-state index is -3.60. The van der Waals surface area contributed by atoms with Gasteiger partial charge in [-0.3, -0.25) is 0 Å². The standard InChI is InChI=1S/C13H16N2O4S/c1-15(2)20(16,17)12-7-3-6-11(13(12)14)19-9-10-5-4-8-18-10/h3-8H,9,14H2,1-2H3. The number of hydrogen-bond donors (Lipinski definition) is 1. The van der Waals surface area contributed by atoms with Crippen molar-refractivity contribution in [3.8, 4) is 5.75 Å². The van der Waals surface area contributed by atoms with Gasteiger partial charge in [0.1, 0.15) is 23.0 Å². The Morgan fingerprint density at radius 1 is 1.25 bits per heavy atom. The Bertz CT molecular complexity index is 678. The molecule has 0 bridgehead atoms. The van der Waals surface area contributed by atoms with Crippen molar-refractivity contribution in [2.24, 2.45) is 0 Å². The van der Waals surface area contributed by atoms with Crippen molar-refractivity contribution in [1.29, 1.82) is 0 Å². The lowest BCUT2D eigenvalue weighted by Gasteiger charge is -2.15. The third-order valence-electron chi connectivity index (χ3n) is 2.73. The maximum Gasteiger partial charge on any atom is 0.244 e. The lowest BCUT2D eigenvalue weighted by Crippen LogP contribution is -2.23. The Morgan fingerprint density at radius 3 is 2.60 bits per heavy atom. The Kier molecular flexibility index (Phi) is 4.01. The molecule has 0 radical (unpaired) electrons. The van der Waals surface area contributed by atoms with E-state index < -0.39 is 10.0 Å². The minimum absolute atomic E-state index is 0.0273. The van der Waals surface area contributed by atoms with E-state index in [2.05, 4.69) is 0 Å². The highest BCUT2D eigenvalue weighted by Gasteiger charge is 2.22. The summed E-state index contributed by atoms with van der Waals surface area (Å²) in [5.41, 5.74) is 5.98. The lowest BCUT2D eigenvalue weighted by atomic mass is 10.3. The number of furan rings is 1. The van der Waals surface area contributed by atoms with Gasteiger partial charge in [-0.25, -0.2) is 12.7 Å². The van der Waals surface area contributed by atoms with Gasteiger partial charge >= 0.3 is 0 Å². The molecule has 0 unspecified atom stereocenters. The molecule has 0 fully saturated rings. The van der Waals surface area contributed by atoms with Gasteiger partial charge in [-0.2, -0.15) is 0 Å². The number of rotatable bonds is 5. The van der Waals surface area contributed by atoms with Crippen molar-refractivity contribution in [3.63, 3.8) is 0 Å². The molecule has 20 heavy (non-hydrogen) atoms. The van der Waals surface area contributed by atoms with Gasteiger partial charge in [-0.1, -0.05) is 6.07 Å². The number of sulfonamides is 1. The van der Waals surface area contributed by atoms with Gasteiger partial charge in [0.05, 0.1) is 12.0 Å². The number of nitrogens with zero attached hydrogens (tertiary/aromatic N) is 1. The molecule has 6 nitrogen and oxygen atoms in total. The Morgan fingerprint density at radius 2 is 2.00 bits per heavy atom. The second-order valence-corrected chi connectivity index (χ2v) is 6.44. The van der Waals surface area contributed by atoms with E-state index in [0.29, 0.717) is 11.5 Å². The van der Waals surface area contributed by atoms with Gasteiger partial charge in [0.25, 0.3) is 0 Å². The Balaban J connectivity index is 2.28. The van der Waals surface area contributed by atoms with Crippen LogP contribution in [0.3, 0.4) is 0 Å². The highest BCUT2D eigenvalue weighted by Crippen LogP contribution is 2.30. The van der Waals surface area contributed by atoms with Crippen molar-refractivity contribution in [2.75, 3.05) is 19.8 Å². The largest absolute Gasteiger partial charge is 0.483 e. The van der Waals surface area contributed by atoms with Crippen molar-refractivity contribution in [1.82, 2.24) is 4.31 Å². The summed E-state index contributed by atoms with van der Waals surface area (Å²) in [5.74, 6) is 0.939. The third-order valence-corrected chi connectivity index (χ3v) is 4.61. The fourth-order valence-electron chi connectivity index (χ4n) is 1.61. The van der Waals surface area contributed by atoms with Crippen LogP contribution in [0.4, 0.5) is 5.69 Å². The van der Waals surface area contributed by atoms with Crippen molar-refractivity contribution in [3.05, 3.63) is 42.4 Å². The van der Waals surface area contributed by atoms with Crippen LogP contribution in [0.2, 0.25) is 0 Å². The average Bonchev–Trinajstić information content (AvgIpc) is 2.90. The Hall–Kier alpha value is -1.99. The summed E-state index contributed by atoms with van der Waals surface area (Å²) >= 11 is 0. The van der Waals surface area contributed by atoms with Crippen LogP contribution in [0, 0.1) is 0 Å². The number of hydrogen-bond acceptors (Lipinski definition) is 5. The number of nitrogens with two attached hydrogens (primary N) is 1. The normalized spacial score (nSPS) is 11.8.